The van der Waals surface area contributed by atoms with Crippen LogP contribution < -0.4 is 19.5 Å². The van der Waals surface area contributed by atoms with Gasteiger partial charge in [0.15, 0.2) is 6.79 Å². The number of benzene rings is 2. The van der Waals surface area contributed by atoms with Gasteiger partial charge in [0.2, 0.25) is 5.91 Å². The van der Waals surface area contributed by atoms with Crippen molar-refractivity contribution in [2.75, 3.05) is 20.5 Å². The van der Waals surface area contributed by atoms with Crippen molar-refractivity contribution < 1.29 is 28.5 Å². The van der Waals surface area contributed by atoms with E-state index in [1.165, 1.54) is 0 Å². The van der Waals surface area contributed by atoms with E-state index in [1.807, 2.05) is 26.0 Å². The summed E-state index contributed by atoms with van der Waals surface area (Å²) >= 11 is 1.06. The predicted octanol–water partition coefficient (Wildman–Crippen LogP) is 4.81. The second-order valence-electron chi connectivity index (χ2n) is 9.59. The Bertz CT molecular complexity index is 1180. The zero-order valence-electron chi connectivity index (χ0n) is 20.0. The van der Waals surface area contributed by atoms with Gasteiger partial charge in [0.25, 0.3) is 5.24 Å². The van der Waals surface area contributed by atoms with Crippen LogP contribution >= 0.6 is 11.8 Å². The first-order valence-corrected chi connectivity index (χ1v) is 12.3. The van der Waals surface area contributed by atoms with Gasteiger partial charge in [-0.25, -0.2) is 0 Å². The molecule has 0 radical (unpaired) electrons. The lowest BCUT2D eigenvalue weighted by atomic mass is 9.78. The third-order valence-corrected chi connectivity index (χ3v) is 8.35. The van der Waals surface area contributed by atoms with E-state index in [-0.39, 0.29) is 29.8 Å². The highest BCUT2D eigenvalue weighted by Gasteiger charge is 2.44. The fourth-order valence-electron chi connectivity index (χ4n) is 5.11. The average Bonchev–Trinajstić information content (AvgIpc) is 3.10. The number of hydrogen-bond donors (Lipinski definition) is 1. The summed E-state index contributed by atoms with van der Waals surface area (Å²) in [7, 11) is 1.60. The molecule has 2 aromatic carbocycles. The molecule has 180 valence electrons. The largest absolute Gasteiger partial charge is 0.489 e. The molecule has 4 unspecified atom stereocenters. The zero-order chi connectivity index (χ0) is 24.2. The first-order valence-electron chi connectivity index (χ1n) is 11.4. The number of imide groups is 1. The molecule has 2 aromatic rings. The zero-order valence-corrected chi connectivity index (χ0v) is 20.8. The quantitative estimate of drug-likeness (QED) is 0.611. The molecule has 7 nitrogen and oxygen atoms in total. The van der Waals surface area contributed by atoms with Crippen LogP contribution in [0.4, 0.5) is 4.79 Å². The number of ether oxygens (including phenoxy) is 4. The maximum absolute atomic E-state index is 12.3. The minimum atomic E-state index is -0.470. The van der Waals surface area contributed by atoms with Gasteiger partial charge in [-0.1, -0.05) is 30.8 Å². The summed E-state index contributed by atoms with van der Waals surface area (Å²) in [6, 6.07) is 8.17. The average molecular weight is 484 g/mol. The Hall–Kier alpha value is -2.71. The number of rotatable bonds is 5. The molecule has 1 fully saturated rings. The van der Waals surface area contributed by atoms with E-state index >= 15 is 0 Å². The van der Waals surface area contributed by atoms with Crippen LogP contribution in [0.3, 0.4) is 0 Å². The van der Waals surface area contributed by atoms with Crippen molar-refractivity contribution >= 4 is 22.9 Å². The summed E-state index contributed by atoms with van der Waals surface area (Å²) in [6.45, 7) is 8.78. The van der Waals surface area contributed by atoms with Gasteiger partial charge in [-0.2, -0.15) is 0 Å². The summed E-state index contributed by atoms with van der Waals surface area (Å²) < 4.78 is 23.8. The lowest BCUT2D eigenvalue weighted by Crippen LogP contribution is -2.42. The van der Waals surface area contributed by atoms with Gasteiger partial charge < -0.3 is 18.9 Å². The molecular formula is C26H29NO6S. The number of amides is 2. The maximum atomic E-state index is 12.3. The van der Waals surface area contributed by atoms with Crippen molar-refractivity contribution in [1.29, 1.82) is 0 Å². The Morgan fingerprint density at radius 2 is 2.00 bits per heavy atom. The first kappa shape index (κ1) is 23.1. The lowest BCUT2D eigenvalue weighted by Gasteiger charge is -2.39. The maximum Gasteiger partial charge on any atom is 0.286 e. The summed E-state index contributed by atoms with van der Waals surface area (Å²) in [5, 5.41) is 1.67. The van der Waals surface area contributed by atoms with Crippen molar-refractivity contribution in [2.24, 2.45) is 0 Å². The lowest BCUT2D eigenvalue weighted by molar-refractivity contribution is -0.119. The van der Waals surface area contributed by atoms with Crippen LogP contribution in [0, 0.1) is 13.8 Å². The molecule has 3 aliphatic rings. The molecule has 0 aliphatic carbocycles. The molecular weight excluding hydrogens is 454 g/mol. The van der Waals surface area contributed by atoms with Gasteiger partial charge in [-0.15, -0.1) is 0 Å². The normalized spacial score (nSPS) is 25.9. The highest BCUT2D eigenvalue weighted by atomic mass is 32.2. The summed E-state index contributed by atoms with van der Waals surface area (Å²) in [5.41, 5.74) is 4.73. The van der Waals surface area contributed by atoms with Gasteiger partial charge in [0.1, 0.15) is 29.5 Å². The Labute approximate surface area is 203 Å². The molecule has 4 atom stereocenters. The highest BCUT2D eigenvalue weighted by Crippen LogP contribution is 2.52. The van der Waals surface area contributed by atoms with Crippen molar-refractivity contribution in [1.82, 2.24) is 5.32 Å². The number of fused-ring (bicyclic) bond motifs is 6. The van der Waals surface area contributed by atoms with E-state index < -0.39 is 10.9 Å². The van der Waals surface area contributed by atoms with Crippen molar-refractivity contribution in [3.63, 3.8) is 0 Å². The van der Waals surface area contributed by atoms with Crippen LogP contribution in [0.5, 0.6) is 17.2 Å². The van der Waals surface area contributed by atoms with Crippen LogP contribution in [-0.4, -0.2) is 42.5 Å². The van der Waals surface area contributed by atoms with Crippen LogP contribution in [0.15, 0.2) is 24.3 Å². The predicted molar refractivity (Wildman–Crippen MR) is 129 cm³/mol. The molecule has 2 amide bonds. The Morgan fingerprint density at radius 1 is 1.21 bits per heavy atom. The molecule has 34 heavy (non-hydrogen) atoms. The van der Waals surface area contributed by atoms with Gasteiger partial charge >= 0.3 is 0 Å². The highest BCUT2D eigenvalue weighted by molar-refractivity contribution is 8.15. The minimum Gasteiger partial charge on any atom is -0.489 e. The molecule has 5 rings (SSSR count). The van der Waals surface area contributed by atoms with Crippen molar-refractivity contribution in [3.8, 4) is 17.2 Å². The van der Waals surface area contributed by atoms with Crippen molar-refractivity contribution in [3.05, 3.63) is 52.1 Å². The van der Waals surface area contributed by atoms with E-state index in [9.17, 15) is 9.59 Å². The summed E-state index contributed by atoms with van der Waals surface area (Å²) in [6.07, 6.45) is 0.758. The van der Waals surface area contributed by atoms with E-state index in [0.717, 1.165) is 63.2 Å². The minimum absolute atomic E-state index is 0.0364. The Morgan fingerprint density at radius 3 is 2.71 bits per heavy atom. The number of methoxy groups -OCH3 is 1. The third kappa shape index (κ3) is 3.82. The Kier molecular flexibility index (Phi) is 5.76. The molecule has 0 aromatic heterocycles. The monoisotopic (exact) mass is 483 g/mol. The van der Waals surface area contributed by atoms with Crippen LogP contribution in [0.1, 0.15) is 59.9 Å². The molecule has 8 heteroatoms. The first-order chi connectivity index (χ1) is 16.2. The second kappa shape index (κ2) is 8.50. The molecule has 0 spiro atoms. The standard InChI is InChI=1S/C26H29NO6S/c1-13-14(2)22-18(9-21(13)32-12-30-5)19-10-26(4,33-22)11-31-20-7-6-16(8-17(19)20)15(3)23-24(28)27-25(29)34-23/h6-9,15,19,23H,10-12H2,1-5H3,(H,27,28,29). The molecule has 2 bridgehead atoms. The molecule has 3 heterocycles. The molecule has 1 N–H and O–H groups in total. The Balaban J connectivity index is 1.60. The van der Waals surface area contributed by atoms with Gasteiger partial charge in [-0.05, 0) is 49.6 Å². The summed E-state index contributed by atoms with van der Waals surface area (Å²) in [4.78, 5) is 24.0. The molecule has 1 saturated heterocycles. The topological polar surface area (TPSA) is 83.1 Å². The summed E-state index contributed by atoms with van der Waals surface area (Å²) in [5.74, 6) is 2.15. The van der Waals surface area contributed by atoms with Crippen LogP contribution in [0.25, 0.3) is 0 Å². The van der Waals surface area contributed by atoms with E-state index in [4.69, 9.17) is 18.9 Å². The van der Waals surface area contributed by atoms with Gasteiger partial charge in [0.05, 0.1) is 5.25 Å². The van der Waals surface area contributed by atoms with Crippen molar-refractivity contribution in [2.45, 2.75) is 56.8 Å². The fraction of sp³-hybridized carbons (Fsp3) is 0.462. The SMILES string of the molecule is COCOc1cc2c(c(C)c1C)OC1(C)COc3ccc(C(C)C4SC(=O)NC4=O)cc3C2C1. The van der Waals surface area contributed by atoms with Gasteiger partial charge in [-0.3, -0.25) is 14.9 Å². The molecule has 3 aliphatic heterocycles. The number of carbonyl (C=O) groups is 2. The number of hydrogen-bond acceptors (Lipinski definition) is 7. The number of thioether (sulfide) groups is 1. The smallest absolute Gasteiger partial charge is 0.286 e. The van der Waals surface area contributed by atoms with Gasteiger partial charge in [0, 0.05) is 36.5 Å². The van der Waals surface area contributed by atoms with Crippen LogP contribution in [0.2, 0.25) is 0 Å². The number of carbonyl (C=O) groups excluding carboxylic acids is 2. The van der Waals surface area contributed by atoms with E-state index in [1.54, 1.807) is 7.11 Å². The second-order valence-corrected chi connectivity index (χ2v) is 10.7. The fourth-order valence-corrected chi connectivity index (χ4v) is 6.02. The van der Waals surface area contributed by atoms with E-state index in [2.05, 4.69) is 31.3 Å². The third-order valence-electron chi connectivity index (χ3n) is 7.15. The van der Waals surface area contributed by atoms with E-state index in [0.29, 0.717) is 6.61 Å². The number of nitrogens with one attached hydrogen (secondary N) is 1. The molecule has 0 saturated carbocycles. The van der Waals surface area contributed by atoms with Crippen LogP contribution in [-0.2, 0) is 9.53 Å².